The van der Waals surface area contributed by atoms with Crippen molar-refractivity contribution in [2.24, 2.45) is 0 Å². The number of hydrogen-bond acceptors (Lipinski definition) is 3. The molecular weight excluding hydrogens is 379 g/mol. The second-order valence-corrected chi connectivity index (χ2v) is 8.59. The molecule has 0 aliphatic heterocycles. The van der Waals surface area contributed by atoms with Crippen molar-refractivity contribution in [2.45, 2.75) is 51.0 Å². The highest BCUT2D eigenvalue weighted by atomic mass is 32.2. The summed E-state index contributed by atoms with van der Waals surface area (Å²) >= 11 is 0. The van der Waals surface area contributed by atoms with Gasteiger partial charge in [-0.2, -0.15) is 0 Å². The van der Waals surface area contributed by atoms with Gasteiger partial charge in [-0.05, 0) is 50.6 Å². The summed E-state index contributed by atoms with van der Waals surface area (Å²) in [5, 5.41) is 0. The summed E-state index contributed by atoms with van der Waals surface area (Å²) in [6, 6.07) is 11.4. The van der Waals surface area contributed by atoms with E-state index in [9.17, 15) is 17.6 Å². The second kappa shape index (κ2) is 9.68. The number of benzene rings is 2. The Hall–Kier alpha value is -2.41. The zero-order valence-corrected chi connectivity index (χ0v) is 17.3. The fourth-order valence-electron chi connectivity index (χ4n) is 2.84. The quantitative estimate of drug-likeness (QED) is 0.616. The van der Waals surface area contributed by atoms with Crippen molar-refractivity contribution in [3.63, 3.8) is 0 Å². The summed E-state index contributed by atoms with van der Waals surface area (Å²) in [6.07, 6.45) is 2.97. The van der Waals surface area contributed by atoms with Crippen LogP contribution in [-0.4, -0.2) is 31.8 Å². The molecule has 7 heteroatoms. The van der Waals surface area contributed by atoms with Gasteiger partial charge in [0.1, 0.15) is 5.82 Å². The van der Waals surface area contributed by atoms with Crippen LogP contribution in [0.25, 0.3) is 0 Å². The Morgan fingerprint density at radius 1 is 1.11 bits per heavy atom. The summed E-state index contributed by atoms with van der Waals surface area (Å²) in [6.45, 7) is 6.58. The van der Waals surface area contributed by atoms with Crippen molar-refractivity contribution < 1.29 is 17.6 Å². The maximum atomic E-state index is 13.8. The second-order valence-electron chi connectivity index (χ2n) is 6.91. The minimum Gasteiger partial charge on any atom is -0.336 e. The van der Waals surface area contributed by atoms with Gasteiger partial charge >= 0.3 is 0 Å². The Bertz CT molecular complexity index is 913. The summed E-state index contributed by atoms with van der Waals surface area (Å²) in [5.74, 6) is -0.880. The number of para-hydroxylation sites is 1. The first-order valence-corrected chi connectivity index (χ1v) is 10.9. The molecule has 2 aromatic rings. The molecule has 5 nitrogen and oxygen atoms in total. The molecule has 2 aromatic carbocycles. The first-order chi connectivity index (χ1) is 13.3. The van der Waals surface area contributed by atoms with E-state index in [1.54, 1.807) is 11.0 Å². The van der Waals surface area contributed by atoms with Crippen molar-refractivity contribution >= 4 is 21.6 Å². The van der Waals surface area contributed by atoms with E-state index in [4.69, 9.17) is 0 Å². The van der Waals surface area contributed by atoms with E-state index < -0.39 is 15.8 Å². The van der Waals surface area contributed by atoms with E-state index in [1.807, 2.05) is 13.8 Å². The SMILES string of the molecule is CCCCCN(C(=O)c1cccc(S(=O)(=O)Nc2ccccc2F)c1)C(C)C. The van der Waals surface area contributed by atoms with E-state index in [0.29, 0.717) is 12.1 Å². The number of unbranched alkanes of at least 4 members (excludes halogenated alkanes) is 2. The molecule has 0 aliphatic rings. The van der Waals surface area contributed by atoms with Crippen molar-refractivity contribution in [1.29, 1.82) is 0 Å². The van der Waals surface area contributed by atoms with E-state index in [1.165, 1.54) is 42.5 Å². The number of halogens is 1. The molecule has 0 aromatic heterocycles. The third-order valence-corrected chi connectivity index (χ3v) is 5.76. The first kappa shape index (κ1) is 21.9. The van der Waals surface area contributed by atoms with Crippen LogP contribution in [0.1, 0.15) is 50.4 Å². The average molecular weight is 407 g/mol. The van der Waals surface area contributed by atoms with Crippen LogP contribution in [0.4, 0.5) is 10.1 Å². The number of sulfonamides is 1. The number of carbonyl (C=O) groups is 1. The first-order valence-electron chi connectivity index (χ1n) is 9.44. The van der Waals surface area contributed by atoms with E-state index in [2.05, 4.69) is 11.6 Å². The van der Waals surface area contributed by atoms with Gasteiger partial charge in [0.05, 0.1) is 10.6 Å². The van der Waals surface area contributed by atoms with Crippen LogP contribution in [0.2, 0.25) is 0 Å². The van der Waals surface area contributed by atoms with E-state index in [0.717, 1.165) is 19.3 Å². The molecule has 0 saturated carbocycles. The molecule has 0 unspecified atom stereocenters. The molecule has 0 saturated heterocycles. The molecule has 0 bridgehead atoms. The summed E-state index contributed by atoms with van der Waals surface area (Å²) < 4.78 is 41.3. The zero-order chi connectivity index (χ0) is 20.7. The largest absolute Gasteiger partial charge is 0.336 e. The topological polar surface area (TPSA) is 66.5 Å². The standard InChI is InChI=1S/C21H27FN2O3S/c1-4-5-8-14-24(16(2)3)21(25)17-10-9-11-18(15-17)28(26,27)23-20-13-7-6-12-19(20)22/h6-7,9-13,15-16,23H,4-5,8,14H2,1-3H3. The molecule has 2 rings (SSSR count). The van der Waals surface area contributed by atoms with Gasteiger partial charge in [0, 0.05) is 18.2 Å². The zero-order valence-electron chi connectivity index (χ0n) is 16.5. The Morgan fingerprint density at radius 3 is 2.46 bits per heavy atom. The Kier molecular flexibility index (Phi) is 7.57. The number of nitrogens with zero attached hydrogens (tertiary/aromatic N) is 1. The number of nitrogens with one attached hydrogen (secondary N) is 1. The van der Waals surface area contributed by atoms with Gasteiger partial charge in [0.25, 0.3) is 15.9 Å². The van der Waals surface area contributed by atoms with Gasteiger partial charge in [0.15, 0.2) is 0 Å². The van der Waals surface area contributed by atoms with Crippen LogP contribution in [0.15, 0.2) is 53.4 Å². The lowest BCUT2D eigenvalue weighted by molar-refractivity contribution is 0.0702. The highest BCUT2D eigenvalue weighted by molar-refractivity contribution is 7.92. The summed E-state index contributed by atoms with van der Waals surface area (Å²) in [4.78, 5) is 14.6. The van der Waals surface area contributed by atoms with Gasteiger partial charge in [0.2, 0.25) is 0 Å². The van der Waals surface area contributed by atoms with Crippen molar-refractivity contribution in [3.05, 3.63) is 59.9 Å². The maximum absolute atomic E-state index is 13.8. The minimum absolute atomic E-state index is 0.00107. The van der Waals surface area contributed by atoms with Crippen LogP contribution in [0, 0.1) is 5.82 Å². The number of amides is 1. The lowest BCUT2D eigenvalue weighted by Crippen LogP contribution is -2.37. The number of anilines is 1. The van der Waals surface area contributed by atoms with Crippen molar-refractivity contribution in [1.82, 2.24) is 4.90 Å². The molecule has 0 heterocycles. The maximum Gasteiger partial charge on any atom is 0.262 e. The fourth-order valence-corrected chi connectivity index (χ4v) is 3.95. The third-order valence-electron chi connectivity index (χ3n) is 4.40. The van der Waals surface area contributed by atoms with Crippen molar-refractivity contribution in [2.75, 3.05) is 11.3 Å². The molecule has 1 amide bonds. The van der Waals surface area contributed by atoms with Gasteiger partial charge in [-0.1, -0.05) is 38.0 Å². The molecule has 1 N–H and O–H groups in total. The normalized spacial score (nSPS) is 11.5. The Balaban J connectivity index is 2.26. The van der Waals surface area contributed by atoms with Gasteiger partial charge in [-0.25, -0.2) is 12.8 Å². The van der Waals surface area contributed by atoms with E-state index in [-0.39, 0.29) is 22.5 Å². The number of hydrogen-bond donors (Lipinski definition) is 1. The molecule has 28 heavy (non-hydrogen) atoms. The smallest absolute Gasteiger partial charge is 0.262 e. The lowest BCUT2D eigenvalue weighted by Gasteiger charge is -2.27. The van der Waals surface area contributed by atoms with Crippen LogP contribution in [0.3, 0.4) is 0 Å². The minimum atomic E-state index is -4.02. The Labute approximate surface area is 166 Å². The van der Waals surface area contributed by atoms with Gasteiger partial charge in [-0.15, -0.1) is 0 Å². The number of carbonyl (C=O) groups excluding carboxylic acids is 1. The van der Waals surface area contributed by atoms with Crippen LogP contribution in [-0.2, 0) is 10.0 Å². The summed E-state index contributed by atoms with van der Waals surface area (Å²) in [7, 11) is -4.02. The highest BCUT2D eigenvalue weighted by Gasteiger charge is 2.22. The summed E-state index contributed by atoms with van der Waals surface area (Å²) in [5.41, 5.74) is 0.157. The predicted octanol–water partition coefficient (Wildman–Crippen LogP) is 4.67. The highest BCUT2D eigenvalue weighted by Crippen LogP contribution is 2.20. The predicted molar refractivity (Wildman–Crippen MR) is 109 cm³/mol. The van der Waals surface area contributed by atoms with Crippen LogP contribution < -0.4 is 4.72 Å². The van der Waals surface area contributed by atoms with Crippen molar-refractivity contribution in [3.8, 4) is 0 Å². The molecule has 0 fully saturated rings. The van der Waals surface area contributed by atoms with Gasteiger partial charge in [-0.3, -0.25) is 9.52 Å². The molecule has 0 atom stereocenters. The average Bonchev–Trinajstić information content (AvgIpc) is 2.66. The molecule has 0 radical (unpaired) electrons. The molecule has 0 spiro atoms. The number of rotatable bonds is 9. The van der Waals surface area contributed by atoms with Crippen LogP contribution in [0.5, 0.6) is 0 Å². The molecule has 152 valence electrons. The third kappa shape index (κ3) is 5.55. The van der Waals surface area contributed by atoms with Crippen LogP contribution >= 0.6 is 0 Å². The fraction of sp³-hybridized carbons (Fsp3) is 0.381. The van der Waals surface area contributed by atoms with Gasteiger partial charge < -0.3 is 4.90 Å². The Morgan fingerprint density at radius 2 is 1.82 bits per heavy atom. The lowest BCUT2D eigenvalue weighted by atomic mass is 10.1. The molecule has 0 aliphatic carbocycles. The monoisotopic (exact) mass is 406 g/mol. The van der Waals surface area contributed by atoms with E-state index >= 15 is 0 Å². The molecular formula is C21H27FN2O3S.